The molecule has 0 radical (unpaired) electrons. The number of benzene rings is 2. The number of hydroxylamine groups is 1. The molecule has 2 N–H and O–H groups in total. The van der Waals surface area contributed by atoms with Gasteiger partial charge in [0, 0.05) is 24.2 Å². The van der Waals surface area contributed by atoms with Crippen molar-refractivity contribution in [3.05, 3.63) is 59.7 Å². The smallest absolute Gasteiger partial charge is 0.267 e. The second kappa shape index (κ2) is 8.95. The van der Waals surface area contributed by atoms with E-state index < -0.39 is 17.5 Å². The minimum Gasteiger partial charge on any atom is -0.317 e. The van der Waals surface area contributed by atoms with E-state index in [0.717, 1.165) is 44.1 Å². The molecule has 3 aromatic rings. The summed E-state index contributed by atoms with van der Waals surface area (Å²) in [4.78, 5) is 18.3. The van der Waals surface area contributed by atoms with Crippen LogP contribution in [0.5, 0.6) is 0 Å². The lowest BCUT2D eigenvalue weighted by Crippen LogP contribution is -2.36. The normalized spacial score (nSPS) is 17.5. The van der Waals surface area contributed by atoms with Gasteiger partial charge in [0.1, 0.15) is 11.3 Å². The van der Waals surface area contributed by atoms with E-state index in [1.165, 1.54) is 12.1 Å². The van der Waals surface area contributed by atoms with Crippen molar-refractivity contribution in [2.45, 2.75) is 25.8 Å². The largest absolute Gasteiger partial charge is 0.317 e. The van der Waals surface area contributed by atoms with Crippen LogP contribution in [0.2, 0.25) is 0 Å². The van der Waals surface area contributed by atoms with Crippen LogP contribution in [0, 0.1) is 11.6 Å². The Hall–Kier alpha value is -3.10. The number of halogens is 2. The second-order valence-electron chi connectivity index (χ2n) is 7.66. The average molecular weight is 426 g/mol. The molecule has 4 rings (SSSR count). The molecule has 1 aliphatic heterocycles. The Morgan fingerprint density at radius 3 is 2.94 bits per heavy atom. The highest BCUT2D eigenvalue weighted by molar-refractivity contribution is 5.91. The van der Waals surface area contributed by atoms with Crippen molar-refractivity contribution in [2.24, 2.45) is 0 Å². The van der Waals surface area contributed by atoms with Crippen LogP contribution in [0.1, 0.15) is 31.4 Å². The van der Waals surface area contributed by atoms with Crippen LogP contribution in [-0.4, -0.2) is 45.2 Å². The van der Waals surface area contributed by atoms with Crippen molar-refractivity contribution in [1.29, 1.82) is 0 Å². The van der Waals surface area contributed by atoms with Crippen LogP contribution in [0.4, 0.5) is 8.78 Å². The Labute approximate surface area is 178 Å². The summed E-state index contributed by atoms with van der Waals surface area (Å²) in [7, 11) is 0. The average Bonchev–Trinajstić information content (AvgIpc) is 3.20. The van der Waals surface area contributed by atoms with E-state index in [-0.39, 0.29) is 11.6 Å². The molecule has 1 atom stereocenters. The lowest BCUT2D eigenvalue weighted by Gasteiger charge is -2.33. The summed E-state index contributed by atoms with van der Waals surface area (Å²) in [5.41, 5.74) is 3.58. The fourth-order valence-corrected chi connectivity index (χ4v) is 4.20. The van der Waals surface area contributed by atoms with Gasteiger partial charge < -0.3 is 9.47 Å². The molecule has 31 heavy (non-hydrogen) atoms. The topological polar surface area (TPSA) is 70.4 Å². The highest BCUT2D eigenvalue weighted by Gasteiger charge is 2.27. The van der Waals surface area contributed by atoms with Crippen molar-refractivity contribution in [1.82, 2.24) is 19.9 Å². The maximum atomic E-state index is 14.9. The van der Waals surface area contributed by atoms with E-state index in [1.54, 1.807) is 17.6 Å². The number of nitrogens with zero attached hydrogens (tertiary/aromatic N) is 3. The fourth-order valence-electron chi connectivity index (χ4n) is 4.20. The Balaban J connectivity index is 1.86. The lowest BCUT2D eigenvalue weighted by atomic mass is 10.0. The molecule has 1 aliphatic rings. The van der Waals surface area contributed by atoms with Gasteiger partial charge in [0.25, 0.3) is 5.91 Å². The first kappa shape index (κ1) is 21.1. The zero-order valence-electron chi connectivity index (χ0n) is 17.2. The number of imidazole rings is 1. The molecule has 0 saturated carbocycles. The van der Waals surface area contributed by atoms with Crippen molar-refractivity contribution >= 4 is 23.0 Å². The van der Waals surface area contributed by atoms with Gasteiger partial charge in [-0.2, -0.15) is 0 Å². The summed E-state index contributed by atoms with van der Waals surface area (Å²) in [6.45, 7) is 4.70. The second-order valence-corrected chi connectivity index (χ2v) is 7.66. The number of carbonyl (C=O) groups excluding carboxylic acids is 1. The number of piperidine rings is 1. The number of hydrogen-bond donors (Lipinski definition) is 2. The van der Waals surface area contributed by atoms with E-state index in [9.17, 15) is 13.6 Å². The predicted molar refractivity (Wildman–Crippen MR) is 114 cm³/mol. The molecular formula is C23H24F2N4O2. The van der Waals surface area contributed by atoms with Gasteiger partial charge >= 0.3 is 0 Å². The maximum Gasteiger partial charge on any atom is 0.267 e. The zero-order chi connectivity index (χ0) is 22.0. The minimum atomic E-state index is -0.893. The molecule has 2 heterocycles. The van der Waals surface area contributed by atoms with Gasteiger partial charge in [0.15, 0.2) is 11.6 Å². The van der Waals surface area contributed by atoms with Gasteiger partial charge in [0.05, 0.1) is 5.52 Å². The van der Waals surface area contributed by atoms with Crippen LogP contribution >= 0.6 is 0 Å². The molecule has 8 heteroatoms. The highest BCUT2D eigenvalue weighted by atomic mass is 19.2. The van der Waals surface area contributed by atoms with Crippen molar-refractivity contribution in [2.75, 3.05) is 19.6 Å². The van der Waals surface area contributed by atoms with Gasteiger partial charge in [0.2, 0.25) is 0 Å². The maximum absolute atomic E-state index is 14.9. The van der Waals surface area contributed by atoms with Gasteiger partial charge in [-0.1, -0.05) is 25.1 Å². The molecule has 1 amide bonds. The molecule has 0 spiro atoms. The van der Waals surface area contributed by atoms with Gasteiger partial charge in [-0.15, -0.1) is 0 Å². The zero-order valence-corrected chi connectivity index (χ0v) is 17.2. The number of carbonyl (C=O) groups is 1. The molecule has 1 unspecified atom stereocenters. The number of likely N-dealkylation sites (N-methyl/N-ethyl adjacent to an activating group) is 1. The van der Waals surface area contributed by atoms with Crippen LogP contribution in [0.3, 0.4) is 0 Å². The highest BCUT2D eigenvalue weighted by Crippen LogP contribution is 2.34. The van der Waals surface area contributed by atoms with E-state index in [1.807, 2.05) is 22.8 Å². The van der Waals surface area contributed by atoms with Crippen LogP contribution < -0.4 is 5.48 Å². The number of hydrogen-bond acceptors (Lipinski definition) is 4. The molecule has 2 aromatic carbocycles. The number of aromatic nitrogens is 2. The molecule has 1 fully saturated rings. The molecule has 0 aliphatic carbocycles. The molecule has 1 aromatic heterocycles. The van der Waals surface area contributed by atoms with E-state index in [4.69, 9.17) is 5.21 Å². The summed E-state index contributed by atoms with van der Waals surface area (Å²) in [5, 5.41) is 8.66. The third-order valence-corrected chi connectivity index (χ3v) is 5.72. The van der Waals surface area contributed by atoms with Crippen LogP contribution in [0.15, 0.2) is 42.5 Å². The summed E-state index contributed by atoms with van der Waals surface area (Å²) in [6.07, 6.45) is 4.58. The summed E-state index contributed by atoms with van der Waals surface area (Å²) in [6, 6.07) is 9.87. The molecular weight excluding hydrogens is 402 g/mol. The number of rotatable bonds is 5. The molecule has 1 saturated heterocycles. The molecule has 6 nitrogen and oxygen atoms in total. The first-order valence-corrected chi connectivity index (χ1v) is 10.3. The van der Waals surface area contributed by atoms with E-state index >= 15 is 0 Å². The monoisotopic (exact) mass is 426 g/mol. The summed E-state index contributed by atoms with van der Waals surface area (Å²) < 4.78 is 30.9. The summed E-state index contributed by atoms with van der Waals surface area (Å²) in [5.74, 6) is -1.86. The Bertz CT molecular complexity index is 1140. The molecule has 0 bridgehead atoms. The van der Waals surface area contributed by atoms with Gasteiger partial charge in [-0.25, -0.2) is 19.2 Å². The standard InChI is InChI=1S/C23H24F2N4O2/c1-2-28-12-4-7-17(14-28)29-22-19(10-9-18(24)21(22)25)26-23(29)16-6-3-5-15(13-16)8-11-20(30)27-31/h3,5-6,8-11,13,17,31H,2,4,7,12,14H2,1H3,(H,27,30). The van der Waals surface area contributed by atoms with Crippen molar-refractivity contribution in [3.8, 4) is 11.4 Å². The van der Waals surface area contributed by atoms with Crippen molar-refractivity contribution in [3.63, 3.8) is 0 Å². The summed E-state index contributed by atoms with van der Waals surface area (Å²) >= 11 is 0. The van der Waals surface area contributed by atoms with Crippen LogP contribution in [-0.2, 0) is 4.79 Å². The Morgan fingerprint density at radius 1 is 1.32 bits per heavy atom. The van der Waals surface area contributed by atoms with E-state index in [2.05, 4.69) is 16.8 Å². The Morgan fingerprint density at radius 2 is 2.16 bits per heavy atom. The minimum absolute atomic E-state index is 0.0376. The quantitative estimate of drug-likeness (QED) is 0.365. The first-order valence-electron chi connectivity index (χ1n) is 10.3. The number of likely N-dealkylation sites (tertiary alicyclic amines) is 1. The predicted octanol–water partition coefficient (Wildman–Crippen LogP) is 4.16. The number of nitrogens with one attached hydrogen (secondary N) is 1. The lowest BCUT2D eigenvalue weighted by molar-refractivity contribution is -0.124. The number of fused-ring (bicyclic) bond motifs is 1. The fraction of sp³-hybridized carbons (Fsp3) is 0.304. The third-order valence-electron chi connectivity index (χ3n) is 5.72. The Kier molecular flexibility index (Phi) is 6.11. The SMILES string of the molecule is CCN1CCCC(n2c(-c3cccc(C=CC(=O)NO)c3)nc3ccc(F)c(F)c32)C1. The van der Waals surface area contributed by atoms with Crippen molar-refractivity contribution < 1.29 is 18.8 Å². The third kappa shape index (κ3) is 4.22. The first-order chi connectivity index (χ1) is 15.0. The molecule has 162 valence electrons. The number of amides is 1. The van der Waals surface area contributed by atoms with E-state index in [0.29, 0.717) is 16.9 Å². The van der Waals surface area contributed by atoms with Crippen LogP contribution in [0.25, 0.3) is 28.5 Å². The van der Waals surface area contributed by atoms with Gasteiger partial charge in [-0.3, -0.25) is 10.0 Å². The van der Waals surface area contributed by atoms with Gasteiger partial charge in [-0.05, 0) is 55.8 Å².